The smallest absolute Gasteiger partial charge is 0.258 e. The highest BCUT2D eigenvalue weighted by atomic mass is 19.1. The van der Waals surface area contributed by atoms with Crippen molar-refractivity contribution in [1.82, 2.24) is 5.32 Å². The molecule has 5 heteroatoms. The number of nitrogens with two attached hydrogens (primary N) is 1. The molecular weight excluding hydrogens is 223 g/mol. The van der Waals surface area contributed by atoms with Crippen molar-refractivity contribution in [2.75, 3.05) is 20.2 Å². The second-order valence-electron chi connectivity index (χ2n) is 3.87. The topological polar surface area (TPSA) is 64.3 Å². The summed E-state index contributed by atoms with van der Waals surface area (Å²) in [6, 6.07) is 4.27. The lowest BCUT2D eigenvalue weighted by molar-refractivity contribution is 0.0941. The van der Waals surface area contributed by atoms with Crippen molar-refractivity contribution in [1.29, 1.82) is 0 Å². The lowest BCUT2D eigenvalue weighted by Crippen LogP contribution is -2.32. The third-order valence-electron chi connectivity index (χ3n) is 2.44. The largest absolute Gasteiger partial charge is 0.496 e. The summed E-state index contributed by atoms with van der Waals surface area (Å²) in [7, 11) is 1.40. The molecule has 17 heavy (non-hydrogen) atoms. The predicted octanol–water partition coefficient (Wildman–Crippen LogP) is 1.16. The average molecular weight is 240 g/mol. The van der Waals surface area contributed by atoms with Crippen molar-refractivity contribution in [2.45, 2.75) is 6.92 Å². The summed E-state index contributed by atoms with van der Waals surface area (Å²) in [5.74, 6) is -0.706. The number of carbonyl (C=O) groups is 1. The summed E-state index contributed by atoms with van der Waals surface area (Å²) >= 11 is 0. The van der Waals surface area contributed by atoms with Gasteiger partial charge in [-0.1, -0.05) is 13.0 Å². The van der Waals surface area contributed by atoms with Crippen LogP contribution in [0.1, 0.15) is 17.3 Å². The van der Waals surface area contributed by atoms with E-state index >= 15 is 0 Å². The minimum absolute atomic E-state index is 0.0702. The van der Waals surface area contributed by atoms with Crippen molar-refractivity contribution in [2.24, 2.45) is 11.7 Å². The van der Waals surface area contributed by atoms with Gasteiger partial charge in [-0.2, -0.15) is 0 Å². The van der Waals surface area contributed by atoms with Crippen molar-refractivity contribution in [3.63, 3.8) is 0 Å². The number of amides is 1. The normalized spacial score (nSPS) is 12.0. The first-order chi connectivity index (χ1) is 8.10. The molecule has 0 saturated carbocycles. The molecular formula is C12H17FN2O2. The first-order valence-corrected chi connectivity index (χ1v) is 5.41. The first kappa shape index (κ1) is 13.4. The van der Waals surface area contributed by atoms with E-state index in [-0.39, 0.29) is 17.2 Å². The third kappa shape index (κ3) is 3.42. The maximum atomic E-state index is 13.5. The number of ether oxygens (including phenoxy) is 1. The van der Waals surface area contributed by atoms with E-state index in [9.17, 15) is 9.18 Å². The van der Waals surface area contributed by atoms with Gasteiger partial charge in [0.25, 0.3) is 5.91 Å². The van der Waals surface area contributed by atoms with Crippen molar-refractivity contribution >= 4 is 5.91 Å². The molecule has 0 spiro atoms. The highest BCUT2D eigenvalue weighted by molar-refractivity contribution is 5.97. The van der Waals surface area contributed by atoms with Crippen molar-refractivity contribution in [3.05, 3.63) is 29.6 Å². The molecule has 94 valence electrons. The number of hydrogen-bond donors (Lipinski definition) is 2. The zero-order valence-corrected chi connectivity index (χ0v) is 10.00. The molecule has 0 aliphatic carbocycles. The molecule has 4 nitrogen and oxygen atoms in total. The van der Waals surface area contributed by atoms with Crippen LogP contribution in [-0.2, 0) is 0 Å². The molecule has 1 amide bonds. The Hall–Kier alpha value is -1.62. The van der Waals surface area contributed by atoms with Crippen LogP contribution in [0.25, 0.3) is 0 Å². The van der Waals surface area contributed by atoms with Gasteiger partial charge in [0.2, 0.25) is 0 Å². The van der Waals surface area contributed by atoms with E-state index in [1.165, 1.54) is 19.2 Å². The Morgan fingerprint density at radius 3 is 2.88 bits per heavy atom. The van der Waals surface area contributed by atoms with Crippen LogP contribution >= 0.6 is 0 Å². The number of nitrogens with one attached hydrogen (secondary N) is 1. The summed E-state index contributed by atoms with van der Waals surface area (Å²) in [6.07, 6.45) is 0. The second-order valence-corrected chi connectivity index (χ2v) is 3.87. The first-order valence-electron chi connectivity index (χ1n) is 5.41. The molecule has 3 N–H and O–H groups in total. The molecule has 0 bridgehead atoms. The molecule has 0 saturated heterocycles. The standard InChI is InChI=1S/C12H17FN2O2/c1-8(6-14)7-15-12(16)11-9(13)4-3-5-10(11)17-2/h3-5,8H,6-7,14H2,1-2H3,(H,15,16). The van der Waals surface area contributed by atoms with E-state index < -0.39 is 11.7 Å². The van der Waals surface area contributed by atoms with Crippen LogP contribution in [0.4, 0.5) is 4.39 Å². The quantitative estimate of drug-likeness (QED) is 0.811. The number of hydrogen-bond acceptors (Lipinski definition) is 3. The molecule has 0 heterocycles. The minimum Gasteiger partial charge on any atom is -0.496 e. The Balaban J connectivity index is 2.81. The van der Waals surface area contributed by atoms with Gasteiger partial charge in [0, 0.05) is 6.54 Å². The predicted molar refractivity (Wildman–Crippen MR) is 63.5 cm³/mol. The molecule has 0 radical (unpaired) electrons. The molecule has 1 aromatic rings. The van der Waals surface area contributed by atoms with Crippen LogP contribution in [0.15, 0.2) is 18.2 Å². The monoisotopic (exact) mass is 240 g/mol. The summed E-state index contributed by atoms with van der Waals surface area (Å²) < 4.78 is 18.5. The average Bonchev–Trinajstić information content (AvgIpc) is 2.34. The summed E-state index contributed by atoms with van der Waals surface area (Å²) in [5, 5.41) is 2.63. The summed E-state index contributed by atoms with van der Waals surface area (Å²) in [5.41, 5.74) is 5.36. The Morgan fingerprint density at radius 2 is 2.29 bits per heavy atom. The molecule has 1 atom stereocenters. The number of rotatable bonds is 5. The van der Waals surface area contributed by atoms with E-state index in [0.717, 1.165) is 0 Å². The van der Waals surface area contributed by atoms with Crippen LogP contribution < -0.4 is 15.8 Å². The molecule has 0 fully saturated rings. The molecule has 0 aromatic heterocycles. The van der Waals surface area contributed by atoms with Crippen LogP contribution in [0, 0.1) is 11.7 Å². The maximum Gasteiger partial charge on any atom is 0.258 e. The van der Waals surface area contributed by atoms with Crippen LogP contribution in [0.5, 0.6) is 5.75 Å². The molecule has 0 aliphatic rings. The summed E-state index contributed by atoms with van der Waals surface area (Å²) in [4.78, 5) is 11.8. The zero-order chi connectivity index (χ0) is 12.8. The van der Waals surface area contributed by atoms with E-state index in [0.29, 0.717) is 13.1 Å². The fourth-order valence-corrected chi connectivity index (χ4v) is 1.33. The Bertz CT molecular complexity index is 396. The van der Waals surface area contributed by atoms with Gasteiger partial charge in [-0.3, -0.25) is 4.79 Å². The molecule has 1 unspecified atom stereocenters. The molecule has 1 rings (SSSR count). The Kier molecular flexibility index (Phi) is 4.90. The van der Waals surface area contributed by atoms with Gasteiger partial charge in [-0.25, -0.2) is 4.39 Å². The van der Waals surface area contributed by atoms with E-state index in [1.807, 2.05) is 6.92 Å². The van der Waals surface area contributed by atoms with Gasteiger partial charge in [-0.05, 0) is 24.6 Å². The maximum absolute atomic E-state index is 13.5. The number of benzene rings is 1. The van der Waals surface area contributed by atoms with E-state index in [1.54, 1.807) is 6.07 Å². The fourth-order valence-electron chi connectivity index (χ4n) is 1.33. The Labute approximate surface area is 100.0 Å². The van der Waals surface area contributed by atoms with Crippen LogP contribution in [-0.4, -0.2) is 26.1 Å². The number of carbonyl (C=O) groups excluding carboxylic acids is 1. The SMILES string of the molecule is COc1cccc(F)c1C(=O)NCC(C)CN. The zero-order valence-electron chi connectivity index (χ0n) is 10.00. The van der Waals surface area contributed by atoms with Gasteiger partial charge in [-0.15, -0.1) is 0 Å². The summed E-state index contributed by atoms with van der Waals surface area (Å²) in [6.45, 7) is 2.78. The van der Waals surface area contributed by atoms with Crippen LogP contribution in [0.3, 0.4) is 0 Å². The minimum atomic E-state index is -0.595. The lowest BCUT2D eigenvalue weighted by Gasteiger charge is -2.12. The number of halogens is 1. The molecule has 0 aliphatic heterocycles. The molecule has 1 aromatic carbocycles. The third-order valence-corrected chi connectivity index (χ3v) is 2.44. The van der Waals surface area contributed by atoms with Crippen LogP contribution in [0.2, 0.25) is 0 Å². The van der Waals surface area contributed by atoms with E-state index in [4.69, 9.17) is 10.5 Å². The highest BCUT2D eigenvalue weighted by Gasteiger charge is 2.17. The van der Waals surface area contributed by atoms with Gasteiger partial charge in [0.1, 0.15) is 17.1 Å². The van der Waals surface area contributed by atoms with Gasteiger partial charge < -0.3 is 15.8 Å². The second kappa shape index (κ2) is 6.20. The van der Waals surface area contributed by atoms with E-state index in [2.05, 4.69) is 5.32 Å². The fraction of sp³-hybridized carbons (Fsp3) is 0.417. The Morgan fingerprint density at radius 1 is 1.59 bits per heavy atom. The van der Waals surface area contributed by atoms with Crippen molar-refractivity contribution < 1.29 is 13.9 Å². The van der Waals surface area contributed by atoms with Gasteiger partial charge in [0.15, 0.2) is 0 Å². The lowest BCUT2D eigenvalue weighted by atomic mass is 10.1. The highest BCUT2D eigenvalue weighted by Crippen LogP contribution is 2.20. The van der Waals surface area contributed by atoms with Crippen molar-refractivity contribution in [3.8, 4) is 5.75 Å². The van der Waals surface area contributed by atoms with Gasteiger partial charge >= 0.3 is 0 Å². The van der Waals surface area contributed by atoms with Gasteiger partial charge in [0.05, 0.1) is 7.11 Å². The number of methoxy groups -OCH3 is 1.